The highest BCUT2D eigenvalue weighted by molar-refractivity contribution is 7.09. The van der Waals surface area contributed by atoms with E-state index in [0.29, 0.717) is 12.3 Å². The summed E-state index contributed by atoms with van der Waals surface area (Å²) in [6, 6.07) is 0.221. The molecule has 1 heterocycles. The summed E-state index contributed by atoms with van der Waals surface area (Å²) in [6.45, 7) is 4.07. The largest absolute Gasteiger partial charge is 0.393 e. The fraction of sp³-hybridized carbons (Fsp3) is 0.714. The summed E-state index contributed by atoms with van der Waals surface area (Å²) < 4.78 is 0. The van der Waals surface area contributed by atoms with Gasteiger partial charge in [-0.25, -0.2) is 4.98 Å². The average molecular weight is 282 g/mol. The third-order valence-corrected chi connectivity index (χ3v) is 4.92. The van der Waals surface area contributed by atoms with Crippen molar-refractivity contribution in [2.24, 2.45) is 5.92 Å². The summed E-state index contributed by atoms with van der Waals surface area (Å²) in [5, 5.41) is 12.4. The van der Waals surface area contributed by atoms with Crippen LogP contribution in [0.5, 0.6) is 0 Å². The first-order valence-electron chi connectivity index (χ1n) is 6.96. The van der Waals surface area contributed by atoms with Crippen molar-refractivity contribution in [1.82, 2.24) is 10.3 Å². The molecule has 1 atom stereocenters. The molecule has 0 radical (unpaired) electrons. The van der Waals surface area contributed by atoms with Crippen molar-refractivity contribution in [3.63, 3.8) is 0 Å². The summed E-state index contributed by atoms with van der Waals surface area (Å²) in [6.07, 6.45) is 3.72. The van der Waals surface area contributed by atoms with Crippen molar-refractivity contribution in [1.29, 1.82) is 0 Å². The summed E-state index contributed by atoms with van der Waals surface area (Å²) in [5.74, 6) is 0.565. The minimum Gasteiger partial charge on any atom is -0.393 e. The number of hydrogen-bond donors (Lipinski definition) is 2. The quantitative estimate of drug-likeness (QED) is 0.839. The van der Waals surface area contributed by atoms with Gasteiger partial charge in [-0.05, 0) is 38.5 Å². The molecule has 1 fully saturated rings. The summed E-state index contributed by atoms with van der Waals surface area (Å²) in [7, 11) is 0. The maximum Gasteiger partial charge on any atom is 0.220 e. The second kappa shape index (κ2) is 6.48. The predicted octanol–water partition coefficient (Wildman–Crippen LogP) is 2.05. The second-order valence-corrected chi connectivity index (χ2v) is 6.27. The van der Waals surface area contributed by atoms with E-state index in [0.717, 1.165) is 31.4 Å². The topological polar surface area (TPSA) is 62.2 Å². The molecule has 0 unspecified atom stereocenters. The zero-order valence-electron chi connectivity index (χ0n) is 11.6. The van der Waals surface area contributed by atoms with Gasteiger partial charge in [0.05, 0.1) is 17.3 Å². The Morgan fingerprint density at radius 1 is 1.63 bits per heavy atom. The molecule has 4 nitrogen and oxygen atoms in total. The van der Waals surface area contributed by atoms with Gasteiger partial charge in [0, 0.05) is 17.3 Å². The van der Waals surface area contributed by atoms with E-state index in [9.17, 15) is 9.90 Å². The van der Waals surface area contributed by atoms with Gasteiger partial charge in [0.15, 0.2) is 0 Å². The zero-order valence-corrected chi connectivity index (χ0v) is 12.4. The van der Waals surface area contributed by atoms with Crippen LogP contribution >= 0.6 is 11.3 Å². The van der Waals surface area contributed by atoms with Crippen LogP contribution in [0, 0.1) is 12.8 Å². The highest BCUT2D eigenvalue weighted by Gasteiger charge is 2.33. The lowest BCUT2D eigenvalue weighted by Gasteiger charge is -2.37. The van der Waals surface area contributed by atoms with Crippen molar-refractivity contribution in [3.05, 3.63) is 16.1 Å². The summed E-state index contributed by atoms with van der Waals surface area (Å²) in [5.41, 5.74) is 2.86. The Morgan fingerprint density at radius 2 is 2.37 bits per heavy atom. The normalized spacial score (nSPS) is 23.7. The number of thiazole rings is 1. The van der Waals surface area contributed by atoms with E-state index in [1.807, 2.05) is 12.4 Å². The molecule has 1 aliphatic rings. The molecule has 0 bridgehead atoms. The van der Waals surface area contributed by atoms with Crippen LogP contribution in [0.4, 0.5) is 0 Å². The Hall–Kier alpha value is -0.940. The Morgan fingerprint density at radius 3 is 2.89 bits per heavy atom. The molecular formula is C14H22N2O2S. The van der Waals surface area contributed by atoms with Gasteiger partial charge in [-0.15, -0.1) is 11.3 Å². The van der Waals surface area contributed by atoms with Crippen molar-refractivity contribution >= 4 is 17.2 Å². The van der Waals surface area contributed by atoms with Crippen LogP contribution in [-0.2, 0) is 11.2 Å². The minimum absolute atomic E-state index is 0.112. The van der Waals surface area contributed by atoms with Crippen LogP contribution < -0.4 is 5.32 Å². The number of hydrogen-bond acceptors (Lipinski definition) is 4. The molecule has 1 aliphatic carbocycles. The van der Waals surface area contributed by atoms with Gasteiger partial charge in [-0.3, -0.25) is 4.79 Å². The van der Waals surface area contributed by atoms with E-state index in [1.165, 1.54) is 4.88 Å². The Labute approximate surface area is 118 Å². The van der Waals surface area contributed by atoms with Crippen LogP contribution in [0.2, 0.25) is 0 Å². The molecular weight excluding hydrogens is 260 g/mol. The number of nitrogens with one attached hydrogen (secondary N) is 1. The molecule has 0 spiro atoms. The maximum atomic E-state index is 12.0. The molecule has 19 heavy (non-hydrogen) atoms. The number of rotatable bonds is 6. The molecule has 1 aromatic heterocycles. The smallest absolute Gasteiger partial charge is 0.220 e. The van der Waals surface area contributed by atoms with E-state index in [-0.39, 0.29) is 18.1 Å². The lowest BCUT2D eigenvalue weighted by atomic mass is 9.76. The van der Waals surface area contributed by atoms with Crippen LogP contribution in [0.25, 0.3) is 0 Å². The molecule has 0 aliphatic heterocycles. The van der Waals surface area contributed by atoms with Crippen molar-refractivity contribution < 1.29 is 9.90 Å². The van der Waals surface area contributed by atoms with E-state index >= 15 is 0 Å². The molecule has 2 rings (SSSR count). The van der Waals surface area contributed by atoms with Crippen molar-refractivity contribution in [2.45, 2.75) is 58.1 Å². The summed E-state index contributed by atoms with van der Waals surface area (Å²) in [4.78, 5) is 17.3. The molecule has 106 valence electrons. The molecule has 1 aromatic rings. The van der Waals surface area contributed by atoms with Crippen molar-refractivity contribution in [2.75, 3.05) is 0 Å². The number of aromatic nitrogens is 1. The first kappa shape index (κ1) is 14.5. The number of carbonyl (C=O) groups is 1. The first-order chi connectivity index (χ1) is 9.10. The highest BCUT2D eigenvalue weighted by atomic mass is 32.1. The molecule has 5 heteroatoms. The van der Waals surface area contributed by atoms with Gasteiger partial charge in [0.1, 0.15) is 0 Å². The minimum atomic E-state index is -0.157. The molecule has 1 amide bonds. The number of aliphatic hydroxyl groups is 1. The lowest BCUT2D eigenvalue weighted by Crippen LogP contribution is -2.46. The van der Waals surface area contributed by atoms with Crippen LogP contribution in [0.3, 0.4) is 0 Å². The van der Waals surface area contributed by atoms with Crippen molar-refractivity contribution in [3.8, 4) is 0 Å². The fourth-order valence-electron chi connectivity index (χ4n) is 2.58. The standard InChI is InChI=1S/C14H22N2O2S/c1-3-12(10-6-11(17)7-10)16-14(18)5-4-13-9(2)15-8-19-13/h8,10-12,17H,3-7H2,1-2H3,(H,16,18)/t10?,11?,12-/m0/s1. The van der Waals surface area contributed by atoms with Gasteiger partial charge >= 0.3 is 0 Å². The lowest BCUT2D eigenvalue weighted by molar-refractivity contribution is -0.122. The highest BCUT2D eigenvalue weighted by Crippen LogP contribution is 2.31. The predicted molar refractivity (Wildman–Crippen MR) is 76.1 cm³/mol. The van der Waals surface area contributed by atoms with Crippen LogP contribution in [0.15, 0.2) is 5.51 Å². The Kier molecular flexibility index (Phi) is 4.93. The third kappa shape index (κ3) is 3.76. The average Bonchev–Trinajstić information content (AvgIpc) is 2.75. The molecule has 1 saturated carbocycles. The number of nitrogens with zero attached hydrogens (tertiary/aromatic N) is 1. The van der Waals surface area contributed by atoms with Gasteiger partial charge < -0.3 is 10.4 Å². The fourth-order valence-corrected chi connectivity index (χ4v) is 3.37. The zero-order chi connectivity index (χ0) is 13.8. The van der Waals surface area contributed by atoms with Gasteiger partial charge in [-0.1, -0.05) is 6.92 Å². The molecule has 0 aromatic carbocycles. The van der Waals surface area contributed by atoms with E-state index < -0.39 is 0 Å². The van der Waals surface area contributed by atoms with Crippen LogP contribution in [0.1, 0.15) is 43.2 Å². The number of aryl methyl sites for hydroxylation is 2. The number of amides is 1. The van der Waals surface area contributed by atoms with E-state index in [2.05, 4.69) is 17.2 Å². The third-order valence-electron chi connectivity index (χ3n) is 3.93. The van der Waals surface area contributed by atoms with Gasteiger partial charge in [-0.2, -0.15) is 0 Å². The van der Waals surface area contributed by atoms with Gasteiger partial charge in [0.25, 0.3) is 0 Å². The molecule has 2 N–H and O–H groups in total. The van der Waals surface area contributed by atoms with Crippen LogP contribution in [-0.4, -0.2) is 28.1 Å². The summed E-state index contributed by atoms with van der Waals surface area (Å²) >= 11 is 1.61. The number of carbonyl (C=O) groups excluding carboxylic acids is 1. The maximum absolute atomic E-state index is 12.0. The Balaban J connectivity index is 1.75. The monoisotopic (exact) mass is 282 g/mol. The number of aliphatic hydroxyl groups excluding tert-OH is 1. The van der Waals surface area contributed by atoms with E-state index in [4.69, 9.17) is 0 Å². The van der Waals surface area contributed by atoms with E-state index in [1.54, 1.807) is 11.3 Å². The molecule has 0 saturated heterocycles. The second-order valence-electron chi connectivity index (χ2n) is 5.33. The first-order valence-corrected chi connectivity index (χ1v) is 7.84. The Bertz CT molecular complexity index is 427. The van der Waals surface area contributed by atoms with Gasteiger partial charge in [0.2, 0.25) is 5.91 Å². The SMILES string of the molecule is CC[C@H](NC(=O)CCc1scnc1C)C1CC(O)C1.